The van der Waals surface area contributed by atoms with E-state index in [9.17, 15) is 4.79 Å². The van der Waals surface area contributed by atoms with Gasteiger partial charge in [0.2, 0.25) is 5.78 Å². The summed E-state index contributed by atoms with van der Waals surface area (Å²) in [5, 5.41) is 8.56. The molecule has 2 aromatic rings. The van der Waals surface area contributed by atoms with Crippen molar-refractivity contribution >= 4 is 11.9 Å². The molecule has 0 amide bonds. The number of ether oxygens (including phenoxy) is 2. The molecule has 0 atom stereocenters. The molecule has 0 unspecified atom stereocenters. The second-order valence-electron chi connectivity index (χ2n) is 4.95. The largest absolute Gasteiger partial charge is 0.479 e. The molecule has 2 heterocycles. The van der Waals surface area contributed by atoms with Gasteiger partial charge in [-0.05, 0) is 37.6 Å². The van der Waals surface area contributed by atoms with Crippen LogP contribution in [0.5, 0.6) is 11.5 Å². The van der Waals surface area contributed by atoms with Gasteiger partial charge in [0.1, 0.15) is 29.1 Å². The first-order chi connectivity index (χ1) is 10.6. The molecule has 1 aliphatic rings. The molecule has 1 aromatic heterocycles. The van der Waals surface area contributed by atoms with Gasteiger partial charge >= 0.3 is 0 Å². The topological polar surface area (TPSA) is 72.5 Å². The summed E-state index contributed by atoms with van der Waals surface area (Å²) in [6.45, 7) is 3.58. The Hall–Kier alpha value is -3.00. The number of hydrogen-bond donors (Lipinski definition) is 0. The summed E-state index contributed by atoms with van der Waals surface area (Å²) >= 11 is 0. The number of nitrogens with zero attached hydrogens (tertiary/aromatic N) is 1. The highest BCUT2D eigenvalue weighted by Gasteiger charge is 2.30. The van der Waals surface area contributed by atoms with Crippen LogP contribution in [0.25, 0.3) is 6.08 Å². The lowest BCUT2D eigenvalue weighted by Gasteiger charge is -2.05. The van der Waals surface area contributed by atoms with Gasteiger partial charge in [0.05, 0.1) is 5.56 Å². The number of carbonyl (C=O) groups excluding carboxylic acids is 1. The summed E-state index contributed by atoms with van der Waals surface area (Å²) < 4.78 is 16.3. The first-order valence-corrected chi connectivity index (χ1v) is 6.73. The number of Topliss-reactive ketones (excluding diaryl/α,β-unsaturated/α-hetero) is 1. The molecule has 22 heavy (non-hydrogen) atoms. The van der Waals surface area contributed by atoms with Crippen LogP contribution < -0.4 is 9.47 Å². The van der Waals surface area contributed by atoms with Crippen LogP contribution >= 0.6 is 0 Å². The van der Waals surface area contributed by atoms with E-state index >= 15 is 0 Å². The number of furan rings is 1. The van der Waals surface area contributed by atoms with E-state index < -0.39 is 0 Å². The van der Waals surface area contributed by atoms with Crippen LogP contribution in [-0.4, -0.2) is 12.4 Å². The van der Waals surface area contributed by atoms with Crippen molar-refractivity contribution in [1.82, 2.24) is 0 Å². The molecule has 0 radical (unpaired) electrons. The first-order valence-electron chi connectivity index (χ1n) is 6.73. The van der Waals surface area contributed by atoms with Gasteiger partial charge in [0, 0.05) is 12.1 Å². The second kappa shape index (κ2) is 5.41. The second-order valence-corrected chi connectivity index (χ2v) is 4.95. The van der Waals surface area contributed by atoms with Crippen LogP contribution in [-0.2, 0) is 0 Å². The van der Waals surface area contributed by atoms with E-state index in [-0.39, 0.29) is 18.1 Å². The van der Waals surface area contributed by atoms with Gasteiger partial charge in [-0.1, -0.05) is 0 Å². The number of allylic oxidation sites excluding steroid dienone is 1. The Morgan fingerprint density at radius 2 is 2.14 bits per heavy atom. The normalized spacial score (nSPS) is 14.6. The number of nitriles is 1. The summed E-state index contributed by atoms with van der Waals surface area (Å²) in [5.41, 5.74) is 1.26. The molecule has 5 heteroatoms. The lowest BCUT2D eigenvalue weighted by molar-refractivity contribution is 0.101. The number of hydrogen-bond acceptors (Lipinski definition) is 5. The van der Waals surface area contributed by atoms with E-state index in [2.05, 4.69) is 0 Å². The predicted molar refractivity (Wildman–Crippen MR) is 78.7 cm³/mol. The minimum absolute atomic E-state index is 0.0550. The Balaban J connectivity index is 1.95. The maximum absolute atomic E-state index is 12.4. The molecule has 0 aliphatic carbocycles. The molecular weight excluding hydrogens is 282 g/mol. The fourth-order valence-corrected chi connectivity index (χ4v) is 2.34. The van der Waals surface area contributed by atoms with Gasteiger partial charge in [0.25, 0.3) is 0 Å². The van der Waals surface area contributed by atoms with Gasteiger partial charge in [-0.25, -0.2) is 0 Å². The van der Waals surface area contributed by atoms with Crippen LogP contribution in [0.3, 0.4) is 0 Å². The Bertz CT molecular complexity index is 824. The fraction of sp³-hybridized carbons (Fsp3) is 0.176. The third-order valence-corrected chi connectivity index (χ3v) is 3.28. The Labute approximate surface area is 127 Å². The van der Waals surface area contributed by atoms with Crippen LogP contribution in [0.4, 0.5) is 0 Å². The van der Waals surface area contributed by atoms with Crippen LogP contribution in [0.2, 0.25) is 0 Å². The summed E-state index contributed by atoms with van der Waals surface area (Å²) in [4.78, 5) is 12.4. The molecule has 0 saturated heterocycles. The van der Waals surface area contributed by atoms with E-state index in [1.807, 2.05) is 19.1 Å². The third-order valence-electron chi connectivity index (χ3n) is 3.28. The zero-order valence-corrected chi connectivity index (χ0v) is 12.2. The monoisotopic (exact) mass is 295 g/mol. The number of fused-ring (bicyclic) bond motifs is 1. The average molecular weight is 295 g/mol. The molecule has 1 aromatic carbocycles. The molecule has 110 valence electrons. The zero-order valence-electron chi connectivity index (χ0n) is 12.2. The number of rotatable bonds is 3. The fourth-order valence-electron chi connectivity index (χ4n) is 2.34. The Morgan fingerprint density at radius 1 is 1.32 bits per heavy atom. The number of ketones is 1. The summed E-state index contributed by atoms with van der Waals surface area (Å²) in [5.74, 6) is 2.29. The Morgan fingerprint density at radius 3 is 2.82 bits per heavy atom. The van der Waals surface area contributed by atoms with Crippen LogP contribution in [0.15, 0.2) is 34.4 Å². The molecule has 0 saturated carbocycles. The maximum Gasteiger partial charge on any atom is 0.232 e. The van der Waals surface area contributed by atoms with E-state index in [1.54, 1.807) is 31.2 Å². The average Bonchev–Trinajstić information content (AvgIpc) is 3.01. The molecule has 0 N–H and O–H groups in total. The van der Waals surface area contributed by atoms with Gasteiger partial charge in [-0.2, -0.15) is 5.26 Å². The lowest BCUT2D eigenvalue weighted by Crippen LogP contribution is -1.99. The summed E-state index contributed by atoms with van der Waals surface area (Å²) in [7, 11) is 0. The smallest absolute Gasteiger partial charge is 0.232 e. The van der Waals surface area contributed by atoms with Crippen molar-refractivity contribution in [1.29, 1.82) is 5.26 Å². The molecular formula is C17H13NO4. The van der Waals surface area contributed by atoms with Gasteiger partial charge in [-0.3, -0.25) is 4.79 Å². The van der Waals surface area contributed by atoms with Crippen molar-refractivity contribution in [2.24, 2.45) is 0 Å². The molecule has 0 bridgehead atoms. The van der Waals surface area contributed by atoms with E-state index in [0.717, 1.165) is 11.3 Å². The van der Waals surface area contributed by atoms with Crippen molar-refractivity contribution in [3.63, 3.8) is 0 Å². The highest BCUT2D eigenvalue weighted by atomic mass is 16.5. The first kappa shape index (κ1) is 14.0. The van der Waals surface area contributed by atoms with E-state index in [1.165, 1.54) is 0 Å². The van der Waals surface area contributed by atoms with Crippen molar-refractivity contribution < 1.29 is 18.7 Å². The molecule has 0 fully saturated rings. The van der Waals surface area contributed by atoms with Crippen molar-refractivity contribution in [2.75, 3.05) is 6.61 Å². The number of carbonyl (C=O) groups is 1. The zero-order chi connectivity index (χ0) is 15.7. The van der Waals surface area contributed by atoms with Crippen molar-refractivity contribution in [3.8, 4) is 17.6 Å². The predicted octanol–water partition coefficient (Wildman–Crippen LogP) is 3.42. The molecule has 1 aliphatic heterocycles. The highest BCUT2D eigenvalue weighted by Crippen LogP contribution is 2.37. The minimum Gasteiger partial charge on any atom is -0.479 e. The molecule has 5 nitrogen and oxygen atoms in total. The van der Waals surface area contributed by atoms with Crippen LogP contribution in [0, 0.1) is 25.2 Å². The maximum atomic E-state index is 12.4. The summed E-state index contributed by atoms with van der Waals surface area (Å²) in [6, 6.07) is 8.83. The van der Waals surface area contributed by atoms with Crippen molar-refractivity contribution in [2.45, 2.75) is 13.8 Å². The van der Waals surface area contributed by atoms with Gasteiger partial charge < -0.3 is 13.9 Å². The van der Waals surface area contributed by atoms with Gasteiger partial charge in [0.15, 0.2) is 12.4 Å². The number of benzene rings is 1. The third kappa shape index (κ3) is 2.47. The van der Waals surface area contributed by atoms with Crippen LogP contribution in [0.1, 0.15) is 27.4 Å². The number of aryl methyl sites for hydroxylation is 2. The van der Waals surface area contributed by atoms with Crippen molar-refractivity contribution in [3.05, 3.63) is 52.7 Å². The van der Waals surface area contributed by atoms with E-state index in [0.29, 0.717) is 22.8 Å². The lowest BCUT2D eigenvalue weighted by atomic mass is 10.0. The molecule has 3 rings (SSSR count). The highest BCUT2D eigenvalue weighted by molar-refractivity contribution is 6.15. The Kier molecular flexibility index (Phi) is 3.43. The quantitative estimate of drug-likeness (QED) is 0.811. The van der Waals surface area contributed by atoms with E-state index in [4.69, 9.17) is 19.2 Å². The SMILES string of the molecule is Cc1ccc(/C=C2\Oc3cc(OCC#N)cc(C)c3C2=O)o1. The molecule has 0 spiro atoms. The minimum atomic E-state index is -0.187. The summed E-state index contributed by atoms with van der Waals surface area (Å²) in [6.07, 6.45) is 1.57. The van der Waals surface area contributed by atoms with Gasteiger partial charge in [-0.15, -0.1) is 0 Å². The standard InChI is InChI=1S/C17H13NO4/c1-10-7-13(20-6-5-18)9-14-16(10)17(19)15(22-14)8-12-4-3-11(2)21-12/h3-4,7-9H,6H2,1-2H3/b15-8-.